The number of halogens is 1. The van der Waals surface area contributed by atoms with Gasteiger partial charge in [-0.15, -0.1) is 0 Å². The maximum absolute atomic E-state index is 13.9. The quantitative estimate of drug-likeness (QED) is 0.408. The molecule has 0 spiro atoms. The van der Waals surface area contributed by atoms with Gasteiger partial charge in [0.2, 0.25) is 11.8 Å². The van der Waals surface area contributed by atoms with Crippen LogP contribution in [0.15, 0.2) is 48.0 Å². The van der Waals surface area contributed by atoms with E-state index in [1.165, 1.54) is 25.3 Å². The number of aliphatic hydroxyl groups excluding tert-OH is 2. The predicted molar refractivity (Wildman–Crippen MR) is 142 cm³/mol. The Morgan fingerprint density at radius 2 is 1.93 bits per heavy atom. The molecule has 9 nitrogen and oxygen atoms in total. The van der Waals surface area contributed by atoms with Gasteiger partial charge in [0, 0.05) is 35.7 Å². The first-order valence-corrected chi connectivity index (χ1v) is 13.5. The third-order valence-corrected chi connectivity index (χ3v) is 8.02. The van der Waals surface area contributed by atoms with Crippen LogP contribution < -0.4 is 14.8 Å². The molecule has 1 aliphatic heterocycles. The van der Waals surface area contributed by atoms with Crippen LogP contribution in [0.1, 0.15) is 53.1 Å². The SMILES string of the molecule is COc1cc(C=O)cc2c1OC1C2C(C(=O)NCCO)=CC(N(Cc2ccc(F)cc2)C(=O)C2CCCC2)C1O. The van der Waals surface area contributed by atoms with Crippen molar-refractivity contribution in [1.29, 1.82) is 0 Å². The number of benzene rings is 2. The van der Waals surface area contributed by atoms with E-state index in [9.17, 15) is 29.0 Å². The molecular formula is C30H33FN2O7. The summed E-state index contributed by atoms with van der Waals surface area (Å²) in [7, 11) is 1.43. The number of methoxy groups -OCH3 is 1. The van der Waals surface area contributed by atoms with Gasteiger partial charge >= 0.3 is 0 Å². The number of nitrogens with one attached hydrogen (secondary N) is 1. The lowest BCUT2D eigenvalue weighted by atomic mass is 9.77. The van der Waals surface area contributed by atoms with Gasteiger partial charge in [-0.1, -0.05) is 25.0 Å². The zero-order valence-electron chi connectivity index (χ0n) is 22.2. The van der Waals surface area contributed by atoms with Crippen molar-refractivity contribution in [2.75, 3.05) is 20.3 Å². The van der Waals surface area contributed by atoms with E-state index in [4.69, 9.17) is 9.47 Å². The first-order valence-electron chi connectivity index (χ1n) is 13.5. The van der Waals surface area contributed by atoms with Crippen molar-refractivity contribution in [3.63, 3.8) is 0 Å². The zero-order chi connectivity index (χ0) is 28.4. The van der Waals surface area contributed by atoms with Crippen molar-refractivity contribution in [3.05, 3.63) is 70.6 Å². The van der Waals surface area contributed by atoms with Crippen LogP contribution in [0.2, 0.25) is 0 Å². The van der Waals surface area contributed by atoms with E-state index in [1.54, 1.807) is 29.2 Å². The molecule has 212 valence electrons. The number of amides is 2. The number of hydrogen-bond acceptors (Lipinski definition) is 7. The summed E-state index contributed by atoms with van der Waals surface area (Å²) in [5.41, 5.74) is 1.76. The van der Waals surface area contributed by atoms with Crippen molar-refractivity contribution in [3.8, 4) is 11.5 Å². The molecule has 1 fully saturated rings. The van der Waals surface area contributed by atoms with Crippen LogP contribution >= 0.6 is 0 Å². The summed E-state index contributed by atoms with van der Waals surface area (Å²) in [6, 6.07) is 8.02. The minimum Gasteiger partial charge on any atom is -0.493 e. The van der Waals surface area contributed by atoms with E-state index in [-0.39, 0.29) is 42.8 Å². The Bertz CT molecular complexity index is 1310. The zero-order valence-corrected chi connectivity index (χ0v) is 22.2. The van der Waals surface area contributed by atoms with Crippen molar-refractivity contribution in [1.82, 2.24) is 10.2 Å². The Morgan fingerprint density at radius 1 is 1.20 bits per heavy atom. The number of ether oxygens (including phenoxy) is 2. The van der Waals surface area contributed by atoms with E-state index in [0.29, 0.717) is 28.7 Å². The molecule has 4 atom stereocenters. The number of carbonyl (C=O) groups is 3. The molecule has 1 heterocycles. The topological polar surface area (TPSA) is 125 Å². The number of aliphatic hydroxyl groups is 2. The molecule has 0 saturated heterocycles. The molecule has 2 amide bonds. The summed E-state index contributed by atoms with van der Waals surface area (Å²) in [5.74, 6) is -1.39. The molecule has 0 radical (unpaired) electrons. The van der Waals surface area contributed by atoms with Gasteiger partial charge in [-0.25, -0.2) is 4.39 Å². The normalized spacial score (nSPS) is 23.4. The summed E-state index contributed by atoms with van der Waals surface area (Å²) >= 11 is 0. The van der Waals surface area contributed by atoms with Crippen LogP contribution in [0.5, 0.6) is 11.5 Å². The standard InChI is InChI=1S/C30H33FN2O7/c1-39-24-13-18(16-35)12-21-25-22(29(37)32-10-11-34)14-23(26(36)28(25)40-27(21)24)33(30(38)19-4-2-3-5-19)15-17-6-8-20(31)9-7-17/h6-9,12-14,16,19,23,25-26,28,34,36H,2-5,10-11,15H2,1H3,(H,32,37). The highest BCUT2D eigenvalue weighted by Crippen LogP contribution is 2.51. The molecule has 0 bridgehead atoms. The highest BCUT2D eigenvalue weighted by atomic mass is 19.1. The van der Waals surface area contributed by atoms with Crippen LogP contribution in [0.4, 0.5) is 4.39 Å². The number of fused-ring (bicyclic) bond motifs is 3. The van der Waals surface area contributed by atoms with E-state index in [1.807, 2.05) is 0 Å². The van der Waals surface area contributed by atoms with Crippen molar-refractivity contribution < 1.29 is 38.5 Å². The molecule has 4 unspecified atom stereocenters. The first kappa shape index (κ1) is 27.8. The van der Waals surface area contributed by atoms with Crippen molar-refractivity contribution >= 4 is 18.1 Å². The Labute approximate surface area is 231 Å². The summed E-state index contributed by atoms with van der Waals surface area (Å²) in [6.45, 7) is -0.166. The summed E-state index contributed by atoms with van der Waals surface area (Å²) < 4.78 is 25.3. The van der Waals surface area contributed by atoms with Gasteiger partial charge in [0.05, 0.1) is 25.7 Å². The number of rotatable bonds is 9. The lowest BCUT2D eigenvalue weighted by molar-refractivity contribution is -0.142. The summed E-state index contributed by atoms with van der Waals surface area (Å²) in [4.78, 5) is 40.5. The minimum absolute atomic E-state index is 0.00644. The molecule has 2 aliphatic carbocycles. The number of aldehydes is 1. The average molecular weight is 553 g/mol. The van der Waals surface area contributed by atoms with Crippen molar-refractivity contribution in [2.24, 2.45) is 5.92 Å². The Hall–Kier alpha value is -3.76. The van der Waals surface area contributed by atoms with Gasteiger partial charge in [-0.2, -0.15) is 0 Å². The summed E-state index contributed by atoms with van der Waals surface area (Å²) in [6.07, 6.45) is 3.39. The fourth-order valence-electron chi connectivity index (χ4n) is 6.08. The van der Waals surface area contributed by atoms with Gasteiger partial charge in [0.1, 0.15) is 24.3 Å². The monoisotopic (exact) mass is 552 g/mol. The summed E-state index contributed by atoms with van der Waals surface area (Å²) in [5, 5.41) is 23.8. The molecule has 10 heteroatoms. The Balaban J connectivity index is 1.60. The minimum atomic E-state index is -1.23. The molecule has 3 N–H and O–H groups in total. The molecule has 2 aromatic rings. The predicted octanol–water partition coefficient (Wildman–Crippen LogP) is 2.49. The first-order chi connectivity index (χ1) is 19.4. The van der Waals surface area contributed by atoms with Gasteiger partial charge in [-0.05, 0) is 48.7 Å². The lowest BCUT2D eigenvalue weighted by Gasteiger charge is -2.41. The van der Waals surface area contributed by atoms with Gasteiger partial charge in [0.15, 0.2) is 11.5 Å². The maximum Gasteiger partial charge on any atom is 0.247 e. The highest BCUT2D eigenvalue weighted by molar-refractivity contribution is 5.96. The van der Waals surface area contributed by atoms with Crippen LogP contribution in [-0.2, 0) is 16.1 Å². The Kier molecular flexibility index (Phi) is 8.18. The van der Waals surface area contributed by atoms with E-state index in [2.05, 4.69) is 5.32 Å². The van der Waals surface area contributed by atoms with E-state index < -0.39 is 35.9 Å². The second-order valence-corrected chi connectivity index (χ2v) is 10.5. The third kappa shape index (κ3) is 5.21. The third-order valence-electron chi connectivity index (χ3n) is 8.02. The number of nitrogens with zero attached hydrogens (tertiary/aromatic N) is 1. The molecule has 0 aromatic heterocycles. The fraction of sp³-hybridized carbons (Fsp3) is 0.433. The molecule has 2 aromatic carbocycles. The highest BCUT2D eigenvalue weighted by Gasteiger charge is 2.52. The van der Waals surface area contributed by atoms with Gasteiger partial charge in [0.25, 0.3) is 0 Å². The second kappa shape index (κ2) is 11.8. The van der Waals surface area contributed by atoms with Crippen LogP contribution in [0, 0.1) is 11.7 Å². The molecule has 40 heavy (non-hydrogen) atoms. The van der Waals surface area contributed by atoms with Gasteiger partial charge < -0.3 is 29.9 Å². The maximum atomic E-state index is 13.9. The average Bonchev–Trinajstić information content (AvgIpc) is 3.64. The molecular weight excluding hydrogens is 519 g/mol. The number of carbonyl (C=O) groups excluding carboxylic acids is 3. The Morgan fingerprint density at radius 3 is 2.58 bits per heavy atom. The smallest absolute Gasteiger partial charge is 0.247 e. The lowest BCUT2D eigenvalue weighted by Crippen LogP contribution is -2.56. The molecule has 3 aliphatic rings. The van der Waals surface area contributed by atoms with Gasteiger partial charge in [-0.3, -0.25) is 14.4 Å². The van der Waals surface area contributed by atoms with E-state index >= 15 is 0 Å². The van der Waals surface area contributed by atoms with Crippen LogP contribution in [0.25, 0.3) is 0 Å². The molecule has 1 saturated carbocycles. The second-order valence-electron chi connectivity index (χ2n) is 10.5. The van der Waals surface area contributed by atoms with E-state index in [0.717, 1.165) is 25.7 Å². The van der Waals surface area contributed by atoms with Crippen molar-refractivity contribution in [2.45, 2.75) is 56.4 Å². The van der Waals surface area contributed by atoms with Crippen LogP contribution in [-0.4, -0.2) is 71.7 Å². The van der Waals surface area contributed by atoms with Crippen LogP contribution in [0.3, 0.4) is 0 Å². The largest absolute Gasteiger partial charge is 0.493 e. The number of hydrogen-bond donors (Lipinski definition) is 3. The fourth-order valence-corrected chi connectivity index (χ4v) is 6.08. The molecule has 5 rings (SSSR count).